The van der Waals surface area contributed by atoms with E-state index in [0.29, 0.717) is 17.9 Å². The zero-order valence-electron chi connectivity index (χ0n) is 13.7. The summed E-state index contributed by atoms with van der Waals surface area (Å²) in [6.07, 6.45) is 2.78. The van der Waals surface area contributed by atoms with E-state index in [1.165, 1.54) is 27.8 Å². The first-order chi connectivity index (χ1) is 10.6. The molecule has 3 atom stereocenters. The van der Waals surface area contributed by atoms with Crippen LogP contribution in [0.15, 0.2) is 42.5 Å². The van der Waals surface area contributed by atoms with E-state index in [-0.39, 0.29) is 6.10 Å². The van der Waals surface area contributed by atoms with Gasteiger partial charge in [-0.15, -0.1) is 0 Å². The molecule has 0 aromatic heterocycles. The van der Waals surface area contributed by atoms with Crippen LogP contribution in [0.3, 0.4) is 0 Å². The van der Waals surface area contributed by atoms with Crippen LogP contribution in [-0.4, -0.2) is 6.10 Å². The van der Waals surface area contributed by atoms with Crippen molar-refractivity contribution in [3.05, 3.63) is 70.3 Å². The second-order valence-corrected chi connectivity index (χ2v) is 7.26. The second kappa shape index (κ2) is 5.24. The lowest BCUT2D eigenvalue weighted by Gasteiger charge is -2.20. The fourth-order valence-corrected chi connectivity index (χ4v) is 4.15. The van der Waals surface area contributed by atoms with Gasteiger partial charge in [-0.25, -0.2) is 0 Å². The molecular weight excluding hydrogens is 268 g/mol. The van der Waals surface area contributed by atoms with Crippen molar-refractivity contribution < 1.29 is 4.74 Å². The Hall–Kier alpha value is -1.60. The van der Waals surface area contributed by atoms with E-state index < -0.39 is 0 Å². The van der Waals surface area contributed by atoms with Gasteiger partial charge in [0.25, 0.3) is 0 Å². The lowest BCUT2D eigenvalue weighted by Crippen LogP contribution is -2.14. The predicted molar refractivity (Wildman–Crippen MR) is 90.2 cm³/mol. The van der Waals surface area contributed by atoms with Crippen molar-refractivity contribution >= 4 is 0 Å². The Kier molecular flexibility index (Phi) is 3.34. The fourth-order valence-electron chi connectivity index (χ4n) is 4.15. The molecule has 2 aromatic rings. The highest BCUT2D eigenvalue weighted by Gasteiger charge is 2.41. The Labute approximate surface area is 133 Å². The molecule has 3 unspecified atom stereocenters. The summed E-state index contributed by atoms with van der Waals surface area (Å²) in [7, 11) is 0. The van der Waals surface area contributed by atoms with Crippen molar-refractivity contribution in [3.63, 3.8) is 0 Å². The number of benzene rings is 2. The molecule has 4 rings (SSSR count). The number of hydrogen-bond donors (Lipinski definition) is 0. The average Bonchev–Trinajstić information content (AvgIpc) is 2.88. The van der Waals surface area contributed by atoms with Gasteiger partial charge in [0.1, 0.15) is 0 Å². The van der Waals surface area contributed by atoms with E-state index >= 15 is 0 Å². The Morgan fingerprint density at radius 2 is 1.82 bits per heavy atom. The van der Waals surface area contributed by atoms with Crippen LogP contribution in [0.5, 0.6) is 0 Å². The first kappa shape index (κ1) is 14.0. The summed E-state index contributed by atoms with van der Waals surface area (Å²) in [5.41, 5.74) is 7.19. The first-order valence-corrected chi connectivity index (χ1v) is 8.46. The zero-order chi connectivity index (χ0) is 15.3. The molecule has 22 heavy (non-hydrogen) atoms. The fraction of sp³-hybridized carbons (Fsp3) is 0.429. The van der Waals surface area contributed by atoms with Crippen molar-refractivity contribution in [1.29, 1.82) is 0 Å². The molecule has 1 heteroatoms. The predicted octanol–water partition coefficient (Wildman–Crippen LogP) is 5.17. The normalized spacial score (nSPS) is 26.3. The molecule has 0 spiro atoms. The lowest BCUT2D eigenvalue weighted by molar-refractivity contribution is 0.0157. The zero-order valence-corrected chi connectivity index (χ0v) is 13.7. The van der Waals surface area contributed by atoms with Crippen LogP contribution in [-0.2, 0) is 11.2 Å². The molecule has 0 N–H and O–H groups in total. The summed E-state index contributed by atoms with van der Waals surface area (Å²) in [6, 6.07) is 15.9. The van der Waals surface area contributed by atoms with Crippen LogP contribution in [0.1, 0.15) is 60.1 Å². The first-order valence-electron chi connectivity index (χ1n) is 8.46. The molecule has 1 nitrogen and oxygen atoms in total. The van der Waals surface area contributed by atoms with Crippen LogP contribution < -0.4 is 0 Å². The lowest BCUT2D eigenvalue weighted by atomic mass is 9.86. The van der Waals surface area contributed by atoms with Gasteiger partial charge in [0.2, 0.25) is 0 Å². The molecule has 2 aliphatic rings. The van der Waals surface area contributed by atoms with E-state index in [4.69, 9.17) is 4.74 Å². The van der Waals surface area contributed by atoms with Gasteiger partial charge >= 0.3 is 0 Å². The third-order valence-electron chi connectivity index (χ3n) is 5.36. The van der Waals surface area contributed by atoms with Gasteiger partial charge in [-0.3, -0.25) is 0 Å². The minimum absolute atomic E-state index is 0.228. The summed E-state index contributed by atoms with van der Waals surface area (Å²) in [6.45, 7) is 6.73. The van der Waals surface area contributed by atoms with E-state index in [1.807, 2.05) is 0 Å². The summed E-state index contributed by atoms with van der Waals surface area (Å²) >= 11 is 0. The van der Waals surface area contributed by atoms with E-state index in [1.54, 1.807) is 0 Å². The van der Waals surface area contributed by atoms with Crippen LogP contribution in [0, 0.1) is 12.8 Å². The van der Waals surface area contributed by atoms with Crippen molar-refractivity contribution in [2.24, 2.45) is 5.92 Å². The number of rotatable bonds is 1. The summed E-state index contributed by atoms with van der Waals surface area (Å²) in [4.78, 5) is 0. The maximum absolute atomic E-state index is 6.53. The van der Waals surface area contributed by atoms with E-state index in [9.17, 15) is 0 Å². The third-order valence-corrected chi connectivity index (χ3v) is 5.36. The molecule has 1 aliphatic carbocycles. The van der Waals surface area contributed by atoms with Crippen molar-refractivity contribution in [3.8, 4) is 0 Å². The van der Waals surface area contributed by atoms with E-state index in [2.05, 4.69) is 63.2 Å². The molecular formula is C21H24O. The maximum atomic E-state index is 6.53. The topological polar surface area (TPSA) is 9.23 Å². The van der Waals surface area contributed by atoms with Gasteiger partial charge in [-0.05, 0) is 47.9 Å². The smallest absolute Gasteiger partial charge is 0.0901 e. The molecule has 0 amide bonds. The van der Waals surface area contributed by atoms with Crippen LogP contribution in [0.25, 0.3) is 0 Å². The Morgan fingerprint density at radius 1 is 1.00 bits per heavy atom. The third kappa shape index (κ3) is 2.19. The number of fused-ring (bicyclic) bond motifs is 5. The number of aryl methyl sites for hydroxylation is 1. The molecule has 1 aliphatic heterocycles. The molecule has 1 fully saturated rings. The summed E-state index contributed by atoms with van der Waals surface area (Å²) in [5, 5.41) is 0. The van der Waals surface area contributed by atoms with Gasteiger partial charge in [0, 0.05) is 5.92 Å². The van der Waals surface area contributed by atoms with Crippen LogP contribution >= 0.6 is 0 Å². The highest BCUT2D eigenvalue weighted by atomic mass is 16.5. The largest absolute Gasteiger partial charge is 0.369 e. The van der Waals surface area contributed by atoms with Gasteiger partial charge in [-0.1, -0.05) is 61.9 Å². The number of ether oxygens (including phenoxy) is 1. The molecule has 0 radical (unpaired) electrons. The highest BCUT2D eigenvalue weighted by Crippen LogP contribution is 2.50. The molecule has 1 heterocycles. The maximum Gasteiger partial charge on any atom is 0.0901 e. The molecule has 0 bridgehead atoms. The molecule has 1 saturated heterocycles. The second-order valence-electron chi connectivity index (χ2n) is 7.26. The minimum Gasteiger partial charge on any atom is -0.369 e. The van der Waals surface area contributed by atoms with Gasteiger partial charge in [-0.2, -0.15) is 0 Å². The van der Waals surface area contributed by atoms with Gasteiger partial charge in [0.15, 0.2) is 0 Å². The molecule has 0 saturated carbocycles. The van der Waals surface area contributed by atoms with Crippen molar-refractivity contribution in [2.75, 3.05) is 0 Å². The average molecular weight is 292 g/mol. The summed E-state index contributed by atoms with van der Waals surface area (Å²) < 4.78 is 6.53. The Balaban J connectivity index is 1.87. The number of hydrogen-bond acceptors (Lipinski definition) is 1. The monoisotopic (exact) mass is 292 g/mol. The van der Waals surface area contributed by atoms with Crippen LogP contribution in [0.2, 0.25) is 0 Å². The quantitative estimate of drug-likeness (QED) is 0.704. The van der Waals surface area contributed by atoms with E-state index in [0.717, 1.165) is 12.8 Å². The van der Waals surface area contributed by atoms with Crippen molar-refractivity contribution in [2.45, 2.75) is 51.7 Å². The Morgan fingerprint density at radius 3 is 2.64 bits per heavy atom. The Bertz CT molecular complexity index is 701. The van der Waals surface area contributed by atoms with Crippen molar-refractivity contribution in [1.82, 2.24) is 0 Å². The van der Waals surface area contributed by atoms with Crippen LogP contribution in [0.4, 0.5) is 0 Å². The summed E-state index contributed by atoms with van der Waals surface area (Å²) in [5.74, 6) is 1.08. The highest BCUT2D eigenvalue weighted by molar-refractivity contribution is 5.46. The van der Waals surface area contributed by atoms with Gasteiger partial charge in [0.05, 0.1) is 12.2 Å². The van der Waals surface area contributed by atoms with Gasteiger partial charge < -0.3 is 4.74 Å². The molecule has 2 aromatic carbocycles. The SMILES string of the molecule is Cc1ccc2c(c1)Cc1ccccc1C1CC(C(C)C)OC21. The standard InChI is InChI=1S/C21H24O/c1-13(2)20-12-19-17-7-5-4-6-15(17)11-16-10-14(3)8-9-18(16)21(19)22-20/h4-10,13,19-21H,11-12H2,1-3H3. The molecule has 114 valence electrons. The minimum atomic E-state index is 0.228.